The maximum Gasteiger partial charge on any atom is 0.323 e. The summed E-state index contributed by atoms with van der Waals surface area (Å²) < 4.78 is 0. The van der Waals surface area contributed by atoms with Crippen molar-refractivity contribution >= 4 is 11.0 Å². The first-order chi connectivity index (χ1) is 8.52. The third-order valence-electron chi connectivity index (χ3n) is 3.45. The van der Waals surface area contributed by atoms with Gasteiger partial charge in [0, 0.05) is 18.6 Å². The van der Waals surface area contributed by atoms with E-state index in [0.717, 1.165) is 16.6 Å². The van der Waals surface area contributed by atoms with E-state index in [4.69, 9.17) is 5.73 Å². The maximum absolute atomic E-state index is 11.2. The van der Waals surface area contributed by atoms with Crippen molar-refractivity contribution in [3.8, 4) is 0 Å². The Labute approximate surface area is 105 Å². The van der Waals surface area contributed by atoms with E-state index in [0.29, 0.717) is 5.92 Å². The summed E-state index contributed by atoms with van der Waals surface area (Å²) in [6.07, 6.45) is 0. The molecule has 5 nitrogen and oxygen atoms in total. The Kier molecular flexibility index (Phi) is 3.54. The number of nitrogens with two attached hydrogens (primary N) is 1. The van der Waals surface area contributed by atoms with E-state index < -0.39 is 0 Å². The van der Waals surface area contributed by atoms with Gasteiger partial charge in [0.1, 0.15) is 0 Å². The zero-order valence-electron chi connectivity index (χ0n) is 10.6. The van der Waals surface area contributed by atoms with E-state index in [9.17, 15) is 9.90 Å². The van der Waals surface area contributed by atoms with Gasteiger partial charge in [-0.15, -0.1) is 0 Å². The number of imidazole rings is 1. The van der Waals surface area contributed by atoms with Gasteiger partial charge in [-0.1, -0.05) is 19.9 Å². The average Bonchev–Trinajstić information content (AvgIpc) is 2.68. The molecule has 0 aliphatic carbocycles. The normalized spacial score (nSPS) is 15.2. The number of rotatable bonds is 4. The van der Waals surface area contributed by atoms with Gasteiger partial charge in [-0.2, -0.15) is 0 Å². The molecule has 0 bridgehead atoms. The quantitative estimate of drug-likeness (QED) is 0.654. The second-order valence-corrected chi connectivity index (χ2v) is 5.00. The van der Waals surface area contributed by atoms with Gasteiger partial charge >= 0.3 is 5.69 Å². The maximum atomic E-state index is 11.2. The fraction of sp³-hybridized carbons (Fsp3) is 0.462. The lowest BCUT2D eigenvalue weighted by Crippen LogP contribution is -2.28. The molecule has 0 amide bonds. The molecule has 0 aliphatic heterocycles. The van der Waals surface area contributed by atoms with E-state index in [1.165, 1.54) is 0 Å². The lowest BCUT2D eigenvalue weighted by atomic mass is 9.85. The molecule has 0 saturated carbocycles. The molecule has 0 aliphatic rings. The molecule has 0 spiro atoms. The van der Waals surface area contributed by atoms with Gasteiger partial charge in [-0.25, -0.2) is 4.79 Å². The highest BCUT2D eigenvalue weighted by atomic mass is 16.3. The second-order valence-electron chi connectivity index (χ2n) is 5.00. The number of aromatic nitrogens is 2. The molecule has 1 aromatic carbocycles. The van der Waals surface area contributed by atoms with Gasteiger partial charge in [0.05, 0.1) is 11.0 Å². The standard InChI is InChI=1S/C13H19N3O2/c1-7(2)9(6-17)12(14)8-3-4-10-11(5-8)16-13(18)15-10/h3-5,7,9,12,17H,6,14H2,1-2H3,(H2,15,16,18). The second kappa shape index (κ2) is 4.96. The van der Waals surface area contributed by atoms with E-state index in [-0.39, 0.29) is 24.3 Å². The molecule has 0 radical (unpaired) electrons. The number of aromatic amines is 2. The van der Waals surface area contributed by atoms with Crippen molar-refractivity contribution in [3.05, 3.63) is 34.2 Å². The smallest absolute Gasteiger partial charge is 0.323 e. The summed E-state index contributed by atoms with van der Waals surface area (Å²) in [5.74, 6) is 0.305. The molecule has 2 rings (SSSR count). The number of hydrogen-bond donors (Lipinski definition) is 4. The third kappa shape index (κ3) is 2.32. The van der Waals surface area contributed by atoms with Gasteiger partial charge in [0.25, 0.3) is 0 Å². The summed E-state index contributed by atoms with van der Waals surface area (Å²) in [6, 6.07) is 5.35. The summed E-state index contributed by atoms with van der Waals surface area (Å²) in [5.41, 5.74) is 8.39. The first-order valence-corrected chi connectivity index (χ1v) is 6.11. The zero-order valence-corrected chi connectivity index (χ0v) is 10.6. The molecular weight excluding hydrogens is 230 g/mol. The minimum atomic E-state index is -0.238. The van der Waals surface area contributed by atoms with Crippen LogP contribution in [-0.4, -0.2) is 21.7 Å². The summed E-state index contributed by atoms with van der Waals surface area (Å²) >= 11 is 0. The number of H-pyrrole nitrogens is 2. The Morgan fingerprint density at radius 3 is 2.56 bits per heavy atom. The van der Waals surface area contributed by atoms with Crippen LogP contribution in [0.25, 0.3) is 11.0 Å². The number of fused-ring (bicyclic) bond motifs is 1. The van der Waals surface area contributed by atoms with Crippen LogP contribution >= 0.6 is 0 Å². The Balaban J connectivity index is 2.37. The van der Waals surface area contributed by atoms with Crippen molar-refractivity contribution in [2.75, 3.05) is 6.61 Å². The summed E-state index contributed by atoms with van der Waals surface area (Å²) in [4.78, 5) is 16.6. The highest BCUT2D eigenvalue weighted by Gasteiger charge is 2.22. The van der Waals surface area contributed by atoms with E-state index in [1.54, 1.807) is 0 Å². The summed E-state index contributed by atoms with van der Waals surface area (Å²) in [6.45, 7) is 4.13. The van der Waals surface area contributed by atoms with Crippen LogP contribution < -0.4 is 11.4 Å². The number of hydrogen-bond acceptors (Lipinski definition) is 3. The predicted octanol–water partition coefficient (Wildman–Crippen LogP) is 1.12. The zero-order chi connectivity index (χ0) is 13.3. The van der Waals surface area contributed by atoms with Crippen LogP contribution in [0.5, 0.6) is 0 Å². The number of aliphatic hydroxyl groups is 1. The summed E-state index contributed by atoms with van der Waals surface area (Å²) in [7, 11) is 0. The number of aliphatic hydroxyl groups excluding tert-OH is 1. The minimum Gasteiger partial charge on any atom is -0.396 e. The largest absolute Gasteiger partial charge is 0.396 e. The van der Waals surface area contributed by atoms with Crippen LogP contribution in [0.2, 0.25) is 0 Å². The van der Waals surface area contributed by atoms with E-state index in [1.807, 2.05) is 32.0 Å². The molecule has 2 unspecified atom stereocenters. The van der Waals surface area contributed by atoms with Crippen LogP contribution in [0.3, 0.4) is 0 Å². The van der Waals surface area contributed by atoms with Gasteiger partial charge in [-0.05, 0) is 23.6 Å². The van der Waals surface area contributed by atoms with Crippen LogP contribution in [0.4, 0.5) is 0 Å². The minimum absolute atomic E-state index is 0.00751. The summed E-state index contributed by atoms with van der Waals surface area (Å²) in [5, 5.41) is 9.40. The molecule has 98 valence electrons. The predicted molar refractivity (Wildman–Crippen MR) is 71.3 cm³/mol. The van der Waals surface area contributed by atoms with E-state index in [2.05, 4.69) is 9.97 Å². The van der Waals surface area contributed by atoms with Crippen LogP contribution in [0.1, 0.15) is 25.5 Å². The monoisotopic (exact) mass is 249 g/mol. The molecule has 18 heavy (non-hydrogen) atoms. The van der Waals surface area contributed by atoms with Crippen molar-refractivity contribution in [3.63, 3.8) is 0 Å². The Bertz CT molecular complexity index is 585. The fourth-order valence-corrected chi connectivity index (χ4v) is 2.24. The average molecular weight is 249 g/mol. The Hall–Kier alpha value is -1.59. The van der Waals surface area contributed by atoms with Gasteiger partial charge in [0.2, 0.25) is 0 Å². The highest BCUT2D eigenvalue weighted by Crippen LogP contribution is 2.26. The lowest BCUT2D eigenvalue weighted by Gasteiger charge is -2.25. The molecule has 1 heterocycles. The SMILES string of the molecule is CC(C)C(CO)C(N)c1ccc2[nH]c(=O)[nH]c2c1. The Morgan fingerprint density at radius 2 is 1.94 bits per heavy atom. The Morgan fingerprint density at radius 1 is 1.28 bits per heavy atom. The van der Waals surface area contributed by atoms with Crippen LogP contribution in [-0.2, 0) is 0 Å². The lowest BCUT2D eigenvalue weighted by molar-refractivity contribution is 0.166. The van der Waals surface area contributed by atoms with Crippen molar-refractivity contribution in [1.82, 2.24) is 9.97 Å². The molecule has 5 heteroatoms. The first-order valence-electron chi connectivity index (χ1n) is 6.11. The van der Waals surface area contributed by atoms with Crippen molar-refractivity contribution in [1.29, 1.82) is 0 Å². The van der Waals surface area contributed by atoms with Crippen molar-refractivity contribution in [2.45, 2.75) is 19.9 Å². The van der Waals surface area contributed by atoms with Gasteiger partial charge in [0.15, 0.2) is 0 Å². The number of benzene rings is 1. The molecule has 1 aromatic heterocycles. The fourth-order valence-electron chi connectivity index (χ4n) is 2.24. The molecular formula is C13H19N3O2. The third-order valence-corrected chi connectivity index (χ3v) is 3.45. The molecule has 2 aromatic rings. The molecule has 0 saturated heterocycles. The highest BCUT2D eigenvalue weighted by molar-refractivity contribution is 5.75. The van der Waals surface area contributed by atoms with Crippen LogP contribution in [0.15, 0.2) is 23.0 Å². The van der Waals surface area contributed by atoms with Gasteiger partial charge in [-0.3, -0.25) is 0 Å². The molecule has 5 N–H and O–H groups in total. The van der Waals surface area contributed by atoms with Crippen LogP contribution in [0, 0.1) is 11.8 Å². The van der Waals surface area contributed by atoms with Crippen molar-refractivity contribution in [2.24, 2.45) is 17.6 Å². The van der Waals surface area contributed by atoms with Crippen molar-refractivity contribution < 1.29 is 5.11 Å². The van der Waals surface area contributed by atoms with E-state index >= 15 is 0 Å². The first kappa shape index (κ1) is 12.9. The molecule has 2 atom stereocenters. The number of nitrogens with one attached hydrogen (secondary N) is 2. The molecule has 0 fully saturated rings. The van der Waals surface area contributed by atoms with Gasteiger partial charge < -0.3 is 20.8 Å². The topological polar surface area (TPSA) is 94.9 Å².